The van der Waals surface area contributed by atoms with E-state index < -0.39 is 54.8 Å². The summed E-state index contributed by atoms with van der Waals surface area (Å²) in [5, 5.41) is 28.6. The largest absolute Gasteiger partial charge is 0.467 e. The molecule has 1 saturated carbocycles. The topological polar surface area (TPSA) is 176 Å². The number of aromatic nitrogens is 1. The van der Waals surface area contributed by atoms with Crippen LogP contribution >= 0.6 is 11.3 Å². The van der Waals surface area contributed by atoms with Gasteiger partial charge < -0.3 is 35.6 Å². The van der Waals surface area contributed by atoms with Crippen molar-refractivity contribution in [2.45, 2.75) is 76.1 Å². The zero-order valence-electron chi connectivity index (χ0n) is 20.3. The van der Waals surface area contributed by atoms with E-state index in [1.54, 1.807) is 5.38 Å². The first-order valence-corrected chi connectivity index (χ1v) is 12.2. The van der Waals surface area contributed by atoms with Crippen LogP contribution in [0, 0.1) is 0 Å². The van der Waals surface area contributed by atoms with E-state index in [2.05, 4.69) is 25.7 Å². The van der Waals surface area contributed by atoms with E-state index in [4.69, 9.17) is 4.74 Å². The lowest BCUT2D eigenvalue weighted by atomic mass is 9.86. The molecule has 2 rings (SSSR count). The Hall–Kier alpha value is -2.77. The Labute approximate surface area is 207 Å². The summed E-state index contributed by atoms with van der Waals surface area (Å²) in [6.45, 7) is 4.01. The van der Waals surface area contributed by atoms with E-state index >= 15 is 0 Å². The SMILES string of the molecule is COC(=O)[C@H](CO)NC(=O)[C@H](CO)NC(=O)c1csc(C2CCC(NC(=O)OC(C)(C)C)CC2)n1. The molecule has 3 amide bonds. The molecule has 0 aliphatic heterocycles. The molecule has 0 spiro atoms. The second-order valence-electron chi connectivity index (χ2n) is 9.24. The molecule has 1 aliphatic rings. The molecule has 1 aliphatic carbocycles. The minimum absolute atomic E-state index is 0.0143. The van der Waals surface area contributed by atoms with Crippen LogP contribution in [-0.2, 0) is 19.1 Å². The van der Waals surface area contributed by atoms with Crippen molar-refractivity contribution in [3.05, 3.63) is 16.1 Å². The van der Waals surface area contributed by atoms with Gasteiger partial charge in [-0.05, 0) is 46.5 Å². The van der Waals surface area contributed by atoms with Gasteiger partial charge in [0.1, 0.15) is 17.3 Å². The lowest BCUT2D eigenvalue weighted by molar-refractivity contribution is -0.146. The summed E-state index contributed by atoms with van der Waals surface area (Å²) in [4.78, 5) is 52.8. The predicted molar refractivity (Wildman–Crippen MR) is 126 cm³/mol. The smallest absolute Gasteiger partial charge is 0.407 e. The van der Waals surface area contributed by atoms with Gasteiger partial charge in [-0.1, -0.05) is 0 Å². The summed E-state index contributed by atoms with van der Waals surface area (Å²) in [5.74, 6) is -2.22. The van der Waals surface area contributed by atoms with Gasteiger partial charge in [-0.15, -0.1) is 11.3 Å². The van der Waals surface area contributed by atoms with E-state index in [0.717, 1.165) is 37.8 Å². The van der Waals surface area contributed by atoms with E-state index in [0.29, 0.717) is 0 Å². The molecule has 1 heterocycles. The Bertz CT molecular complexity index is 892. The van der Waals surface area contributed by atoms with Gasteiger partial charge >= 0.3 is 12.1 Å². The van der Waals surface area contributed by atoms with Crippen molar-refractivity contribution in [1.82, 2.24) is 20.9 Å². The van der Waals surface area contributed by atoms with Gasteiger partial charge in [0.2, 0.25) is 5.91 Å². The van der Waals surface area contributed by atoms with Crippen LogP contribution in [-0.4, -0.2) is 83.1 Å². The van der Waals surface area contributed by atoms with Gasteiger partial charge in [-0.25, -0.2) is 14.6 Å². The fourth-order valence-electron chi connectivity index (χ4n) is 3.56. The van der Waals surface area contributed by atoms with Crippen molar-refractivity contribution in [3.8, 4) is 0 Å². The normalized spacial score (nSPS) is 19.7. The number of nitrogens with zero attached hydrogens (tertiary/aromatic N) is 1. The average molecular weight is 515 g/mol. The third-order valence-electron chi connectivity index (χ3n) is 5.34. The van der Waals surface area contributed by atoms with E-state index in [1.165, 1.54) is 11.3 Å². The Kier molecular flexibility index (Phi) is 10.4. The molecular weight excluding hydrogens is 480 g/mol. The molecule has 1 aromatic rings. The standard InChI is InChI=1S/C22H34N4O8S/c1-22(2,3)34-21(32)23-13-7-5-12(6-8-13)19-26-16(11-35-19)18(30)24-14(9-27)17(29)25-15(10-28)20(31)33-4/h11-15,27-28H,5-10H2,1-4H3,(H,23,32)(H,24,30)(H,25,29)/t12?,13?,14-,15-/m0/s1. The van der Waals surface area contributed by atoms with Gasteiger partial charge in [-0.2, -0.15) is 0 Å². The van der Waals surface area contributed by atoms with Gasteiger partial charge in [0, 0.05) is 17.3 Å². The number of alkyl carbamates (subject to hydrolysis) is 1. The summed E-state index contributed by atoms with van der Waals surface area (Å²) in [7, 11) is 1.10. The molecule has 1 fully saturated rings. The molecule has 196 valence electrons. The van der Waals surface area contributed by atoms with Crippen LogP contribution in [0.4, 0.5) is 4.79 Å². The molecule has 0 unspecified atom stereocenters. The molecule has 12 nitrogen and oxygen atoms in total. The summed E-state index contributed by atoms with van der Waals surface area (Å²) in [5.41, 5.74) is -0.451. The average Bonchev–Trinajstić information content (AvgIpc) is 3.29. The molecule has 2 atom stereocenters. The second kappa shape index (κ2) is 12.8. The van der Waals surface area contributed by atoms with E-state index in [9.17, 15) is 29.4 Å². The number of methoxy groups -OCH3 is 1. The van der Waals surface area contributed by atoms with Crippen LogP contribution in [0.2, 0.25) is 0 Å². The predicted octanol–water partition coefficient (Wildman–Crippen LogP) is 0.435. The molecule has 0 radical (unpaired) electrons. The summed E-state index contributed by atoms with van der Waals surface area (Å²) >= 11 is 1.33. The summed E-state index contributed by atoms with van der Waals surface area (Å²) < 4.78 is 9.77. The van der Waals surface area contributed by atoms with Gasteiger partial charge in [0.15, 0.2) is 6.04 Å². The van der Waals surface area contributed by atoms with Crippen LogP contribution in [0.5, 0.6) is 0 Å². The van der Waals surface area contributed by atoms with Crippen molar-refractivity contribution in [2.24, 2.45) is 0 Å². The zero-order valence-corrected chi connectivity index (χ0v) is 21.1. The van der Waals surface area contributed by atoms with Gasteiger partial charge in [0.05, 0.1) is 25.3 Å². The molecule has 5 N–H and O–H groups in total. The number of rotatable bonds is 9. The molecule has 35 heavy (non-hydrogen) atoms. The van der Waals surface area contributed by atoms with Crippen molar-refractivity contribution in [3.63, 3.8) is 0 Å². The third kappa shape index (κ3) is 8.75. The highest BCUT2D eigenvalue weighted by molar-refractivity contribution is 7.09. The number of amides is 3. The Morgan fingerprint density at radius 2 is 1.71 bits per heavy atom. The molecule has 1 aromatic heterocycles. The third-order valence-corrected chi connectivity index (χ3v) is 6.35. The summed E-state index contributed by atoms with van der Waals surface area (Å²) in [6, 6.07) is -2.65. The number of hydrogen-bond acceptors (Lipinski definition) is 10. The van der Waals surface area contributed by atoms with Crippen molar-refractivity contribution in [2.75, 3.05) is 20.3 Å². The van der Waals surface area contributed by atoms with Gasteiger partial charge in [-0.3, -0.25) is 9.59 Å². The van der Waals surface area contributed by atoms with Crippen molar-refractivity contribution >= 4 is 35.2 Å². The molecule has 0 bridgehead atoms. The Morgan fingerprint density at radius 3 is 2.26 bits per heavy atom. The highest BCUT2D eigenvalue weighted by Crippen LogP contribution is 2.34. The number of hydrogen-bond donors (Lipinski definition) is 5. The quantitative estimate of drug-likeness (QED) is 0.293. The lowest BCUT2D eigenvalue weighted by Crippen LogP contribution is -2.54. The number of esters is 1. The van der Waals surface area contributed by atoms with Crippen LogP contribution in [0.15, 0.2) is 5.38 Å². The number of carbonyl (C=O) groups excluding carboxylic acids is 4. The first-order valence-electron chi connectivity index (χ1n) is 11.3. The number of thiazole rings is 1. The first-order chi connectivity index (χ1) is 16.5. The number of aliphatic hydroxyl groups excluding tert-OH is 2. The maximum atomic E-state index is 12.6. The number of aliphatic hydroxyl groups is 2. The minimum Gasteiger partial charge on any atom is -0.467 e. The van der Waals surface area contributed by atoms with E-state index in [1.807, 2.05) is 20.8 Å². The molecule has 0 aromatic carbocycles. The number of carbonyl (C=O) groups is 4. The lowest BCUT2D eigenvalue weighted by Gasteiger charge is -2.29. The fourth-order valence-corrected chi connectivity index (χ4v) is 4.53. The van der Waals surface area contributed by atoms with Crippen molar-refractivity contribution < 1.29 is 38.9 Å². The fraction of sp³-hybridized carbons (Fsp3) is 0.682. The Balaban J connectivity index is 1.89. The Morgan fingerprint density at radius 1 is 1.09 bits per heavy atom. The minimum atomic E-state index is -1.35. The molecular formula is C22H34N4O8S. The zero-order chi connectivity index (χ0) is 26.2. The maximum absolute atomic E-state index is 12.6. The highest BCUT2D eigenvalue weighted by Gasteiger charge is 2.29. The maximum Gasteiger partial charge on any atom is 0.407 e. The van der Waals surface area contributed by atoms with Gasteiger partial charge in [0.25, 0.3) is 5.91 Å². The van der Waals surface area contributed by atoms with Crippen LogP contribution in [0.1, 0.15) is 67.9 Å². The monoisotopic (exact) mass is 514 g/mol. The number of ether oxygens (including phenoxy) is 2. The summed E-state index contributed by atoms with van der Waals surface area (Å²) in [6.07, 6.45) is 2.64. The van der Waals surface area contributed by atoms with Crippen LogP contribution < -0.4 is 16.0 Å². The number of nitrogens with one attached hydrogen (secondary N) is 3. The molecule has 0 saturated heterocycles. The first kappa shape index (κ1) is 28.5. The van der Waals surface area contributed by atoms with E-state index in [-0.39, 0.29) is 17.7 Å². The van der Waals surface area contributed by atoms with Crippen molar-refractivity contribution in [1.29, 1.82) is 0 Å². The van der Waals surface area contributed by atoms with Crippen LogP contribution in [0.3, 0.4) is 0 Å². The second-order valence-corrected chi connectivity index (χ2v) is 10.1. The highest BCUT2D eigenvalue weighted by atomic mass is 32.1. The van der Waals surface area contributed by atoms with Crippen LogP contribution in [0.25, 0.3) is 0 Å². The molecule has 13 heteroatoms.